The van der Waals surface area contributed by atoms with Crippen molar-refractivity contribution in [2.24, 2.45) is 0 Å². The number of benzene rings is 1. The fraction of sp³-hybridized carbons (Fsp3) is 0.385. The summed E-state index contributed by atoms with van der Waals surface area (Å²) < 4.78 is 0. The van der Waals surface area contributed by atoms with Gasteiger partial charge in [0.1, 0.15) is 0 Å². The molecule has 0 aliphatic rings. The summed E-state index contributed by atoms with van der Waals surface area (Å²) in [5.74, 6) is -0.165. The van der Waals surface area contributed by atoms with Gasteiger partial charge < -0.3 is 16.0 Å². The van der Waals surface area contributed by atoms with E-state index in [0.717, 1.165) is 5.56 Å². The van der Waals surface area contributed by atoms with Crippen molar-refractivity contribution < 1.29 is 9.59 Å². The Morgan fingerprint density at radius 3 is 2.58 bits per heavy atom. The van der Waals surface area contributed by atoms with Crippen LogP contribution in [0.4, 0.5) is 0 Å². The number of nitrogens with one attached hydrogen (secondary N) is 3. The molecular formula is C13H20ClN3O2. The molecule has 1 aromatic rings. The van der Waals surface area contributed by atoms with Crippen LogP contribution in [-0.2, 0) is 11.3 Å². The van der Waals surface area contributed by atoms with E-state index in [9.17, 15) is 9.59 Å². The van der Waals surface area contributed by atoms with Crippen LogP contribution in [0.15, 0.2) is 24.3 Å². The summed E-state index contributed by atoms with van der Waals surface area (Å²) in [6, 6.07) is 7.22. The van der Waals surface area contributed by atoms with Crippen molar-refractivity contribution in [2.75, 3.05) is 20.1 Å². The molecule has 0 heterocycles. The molecule has 5 nitrogen and oxygen atoms in total. The summed E-state index contributed by atoms with van der Waals surface area (Å²) in [6.07, 6.45) is 0. The number of amides is 2. The largest absolute Gasteiger partial charge is 0.352 e. The molecule has 0 radical (unpaired) electrons. The standard InChI is InChI=1S/C13H19N3O2.ClH/c1-3-15-13(18)11-6-4-5-10(7-11)8-16-12(17)9-14-2;/h4-7,14H,3,8-9H2,1-2H3,(H,15,18)(H,16,17);1H. The average molecular weight is 286 g/mol. The fourth-order valence-corrected chi connectivity index (χ4v) is 1.51. The Morgan fingerprint density at radius 2 is 1.95 bits per heavy atom. The van der Waals surface area contributed by atoms with Gasteiger partial charge in [-0.05, 0) is 31.7 Å². The lowest BCUT2D eigenvalue weighted by Gasteiger charge is -2.07. The van der Waals surface area contributed by atoms with E-state index >= 15 is 0 Å². The van der Waals surface area contributed by atoms with E-state index in [0.29, 0.717) is 18.7 Å². The Hall–Kier alpha value is -1.59. The first kappa shape index (κ1) is 17.4. The predicted octanol–water partition coefficient (Wildman–Crippen LogP) is 0.694. The molecule has 0 atom stereocenters. The Kier molecular flexibility index (Phi) is 8.57. The SMILES string of the molecule is CCNC(=O)c1cccc(CNC(=O)CNC)c1.Cl. The van der Waals surface area contributed by atoms with Crippen molar-refractivity contribution in [3.8, 4) is 0 Å². The second kappa shape index (κ2) is 9.35. The van der Waals surface area contributed by atoms with Crippen LogP contribution in [0.3, 0.4) is 0 Å². The lowest BCUT2D eigenvalue weighted by atomic mass is 10.1. The molecular weight excluding hydrogens is 266 g/mol. The molecule has 2 amide bonds. The van der Waals surface area contributed by atoms with Crippen LogP contribution < -0.4 is 16.0 Å². The Balaban J connectivity index is 0.00000324. The number of likely N-dealkylation sites (N-methyl/N-ethyl adjacent to an activating group) is 1. The van der Waals surface area contributed by atoms with Gasteiger partial charge >= 0.3 is 0 Å². The van der Waals surface area contributed by atoms with Crippen LogP contribution in [0.2, 0.25) is 0 Å². The third-order valence-corrected chi connectivity index (χ3v) is 2.35. The predicted molar refractivity (Wildman–Crippen MR) is 77.5 cm³/mol. The lowest BCUT2D eigenvalue weighted by molar-refractivity contribution is -0.120. The zero-order valence-corrected chi connectivity index (χ0v) is 12.0. The first-order valence-corrected chi connectivity index (χ1v) is 5.95. The summed E-state index contributed by atoms with van der Waals surface area (Å²) in [6.45, 7) is 3.19. The summed E-state index contributed by atoms with van der Waals surface area (Å²) in [5.41, 5.74) is 1.51. The molecule has 1 rings (SSSR count). The molecule has 19 heavy (non-hydrogen) atoms. The van der Waals surface area contributed by atoms with Crippen LogP contribution in [0.1, 0.15) is 22.8 Å². The molecule has 6 heteroatoms. The van der Waals surface area contributed by atoms with Gasteiger partial charge in [-0.25, -0.2) is 0 Å². The Bertz CT molecular complexity index is 424. The Labute approximate surface area is 119 Å². The second-order valence-corrected chi connectivity index (χ2v) is 3.87. The summed E-state index contributed by atoms with van der Waals surface area (Å²) >= 11 is 0. The molecule has 3 N–H and O–H groups in total. The maximum absolute atomic E-state index is 11.6. The normalized spacial score (nSPS) is 9.37. The maximum Gasteiger partial charge on any atom is 0.251 e. The van der Waals surface area contributed by atoms with Gasteiger partial charge in [-0.15, -0.1) is 12.4 Å². The number of hydrogen-bond donors (Lipinski definition) is 3. The van der Waals surface area contributed by atoms with E-state index in [1.54, 1.807) is 19.2 Å². The minimum Gasteiger partial charge on any atom is -0.352 e. The molecule has 1 aromatic carbocycles. The minimum atomic E-state index is -0.0964. The number of carbonyl (C=O) groups is 2. The highest BCUT2D eigenvalue weighted by Crippen LogP contribution is 2.05. The molecule has 0 saturated carbocycles. The molecule has 0 fully saturated rings. The number of hydrogen-bond acceptors (Lipinski definition) is 3. The van der Waals surface area contributed by atoms with Gasteiger partial charge in [0.15, 0.2) is 0 Å². The lowest BCUT2D eigenvalue weighted by Crippen LogP contribution is -2.31. The van der Waals surface area contributed by atoms with E-state index in [4.69, 9.17) is 0 Å². The topological polar surface area (TPSA) is 70.2 Å². The van der Waals surface area contributed by atoms with E-state index in [1.807, 2.05) is 19.1 Å². The van der Waals surface area contributed by atoms with Crippen molar-refractivity contribution in [3.05, 3.63) is 35.4 Å². The number of carbonyl (C=O) groups excluding carboxylic acids is 2. The van der Waals surface area contributed by atoms with E-state index in [2.05, 4.69) is 16.0 Å². The van der Waals surface area contributed by atoms with Gasteiger partial charge in [0.05, 0.1) is 6.54 Å². The van der Waals surface area contributed by atoms with Crippen LogP contribution in [0.25, 0.3) is 0 Å². The van der Waals surface area contributed by atoms with Gasteiger partial charge in [-0.2, -0.15) is 0 Å². The van der Waals surface area contributed by atoms with Gasteiger partial charge in [-0.1, -0.05) is 12.1 Å². The quantitative estimate of drug-likeness (QED) is 0.720. The molecule has 0 aliphatic heterocycles. The Morgan fingerprint density at radius 1 is 1.21 bits per heavy atom. The van der Waals surface area contributed by atoms with E-state index < -0.39 is 0 Å². The van der Waals surface area contributed by atoms with Crippen molar-refractivity contribution in [1.82, 2.24) is 16.0 Å². The van der Waals surface area contributed by atoms with E-state index in [-0.39, 0.29) is 30.8 Å². The monoisotopic (exact) mass is 285 g/mol. The molecule has 0 spiro atoms. The zero-order valence-electron chi connectivity index (χ0n) is 11.2. The average Bonchev–Trinajstić information content (AvgIpc) is 2.37. The molecule has 106 valence electrons. The minimum absolute atomic E-state index is 0. The van der Waals surface area contributed by atoms with Gasteiger partial charge in [-0.3, -0.25) is 9.59 Å². The van der Waals surface area contributed by atoms with Crippen molar-refractivity contribution >= 4 is 24.2 Å². The number of rotatable bonds is 6. The smallest absolute Gasteiger partial charge is 0.251 e. The molecule has 0 aromatic heterocycles. The zero-order chi connectivity index (χ0) is 13.4. The summed E-state index contributed by atoms with van der Waals surface area (Å²) in [7, 11) is 1.72. The number of halogens is 1. The summed E-state index contributed by atoms with van der Waals surface area (Å²) in [4.78, 5) is 22.9. The highest BCUT2D eigenvalue weighted by atomic mass is 35.5. The highest BCUT2D eigenvalue weighted by Gasteiger charge is 2.05. The van der Waals surface area contributed by atoms with Crippen molar-refractivity contribution in [2.45, 2.75) is 13.5 Å². The third-order valence-electron chi connectivity index (χ3n) is 2.35. The van der Waals surface area contributed by atoms with Crippen molar-refractivity contribution in [1.29, 1.82) is 0 Å². The molecule has 0 bridgehead atoms. The van der Waals surface area contributed by atoms with E-state index in [1.165, 1.54) is 0 Å². The van der Waals surface area contributed by atoms with Crippen molar-refractivity contribution in [3.63, 3.8) is 0 Å². The van der Waals surface area contributed by atoms with Crippen LogP contribution in [0.5, 0.6) is 0 Å². The van der Waals surface area contributed by atoms with Crippen LogP contribution >= 0.6 is 12.4 Å². The third kappa shape index (κ3) is 6.22. The van der Waals surface area contributed by atoms with Gasteiger partial charge in [0, 0.05) is 18.7 Å². The molecule has 0 saturated heterocycles. The van der Waals surface area contributed by atoms with Crippen LogP contribution in [0, 0.1) is 0 Å². The van der Waals surface area contributed by atoms with Gasteiger partial charge in [0.2, 0.25) is 5.91 Å². The second-order valence-electron chi connectivity index (χ2n) is 3.87. The maximum atomic E-state index is 11.6. The fourth-order valence-electron chi connectivity index (χ4n) is 1.51. The van der Waals surface area contributed by atoms with Crippen LogP contribution in [-0.4, -0.2) is 32.0 Å². The first-order chi connectivity index (χ1) is 8.67. The molecule has 0 aliphatic carbocycles. The summed E-state index contributed by atoms with van der Waals surface area (Å²) in [5, 5.41) is 8.28. The molecule has 0 unspecified atom stereocenters. The highest BCUT2D eigenvalue weighted by molar-refractivity contribution is 5.94. The van der Waals surface area contributed by atoms with Gasteiger partial charge in [0.25, 0.3) is 5.91 Å². The first-order valence-electron chi connectivity index (χ1n) is 5.95.